The Morgan fingerprint density at radius 2 is 1.50 bits per heavy atom. The van der Waals surface area contributed by atoms with Gasteiger partial charge in [-0.2, -0.15) is 0 Å². The molecule has 6 nitrogen and oxygen atoms in total. The molecule has 0 heterocycles. The first-order chi connectivity index (χ1) is 10.2. The normalized spacial score (nSPS) is 13.1. The molecule has 0 aromatic carbocycles. The van der Waals surface area contributed by atoms with Crippen LogP contribution >= 0.6 is 0 Å². The third-order valence-corrected chi connectivity index (χ3v) is 2.44. The van der Waals surface area contributed by atoms with Crippen LogP contribution in [0.4, 0.5) is 0 Å². The first-order valence-corrected chi connectivity index (χ1v) is 7.12. The number of carbonyl (C=O) groups excluding carboxylic acids is 2. The quantitative estimate of drug-likeness (QED) is 0.330. The van der Waals surface area contributed by atoms with Gasteiger partial charge in [0.2, 0.25) is 0 Å². The molecule has 0 saturated carbocycles. The number of rotatable bonds is 11. The summed E-state index contributed by atoms with van der Waals surface area (Å²) in [5, 5.41) is 0. The van der Waals surface area contributed by atoms with Crippen LogP contribution in [0.3, 0.4) is 0 Å². The summed E-state index contributed by atoms with van der Waals surface area (Å²) < 4.78 is 20.8. The molecule has 2 unspecified atom stereocenters. The van der Waals surface area contributed by atoms with E-state index in [-0.39, 0.29) is 25.4 Å². The standard InChI is InChI=1S/C16H26O6/c1-11(2)15(17)21-10-13(5)20-8-7-19-9-14(6)22-16(18)12(3)4/h13-14H,1,3,7-10H2,2,4-6H3. The van der Waals surface area contributed by atoms with Crippen LogP contribution in [0.1, 0.15) is 27.7 Å². The van der Waals surface area contributed by atoms with E-state index in [1.165, 1.54) is 0 Å². The van der Waals surface area contributed by atoms with Gasteiger partial charge >= 0.3 is 11.9 Å². The topological polar surface area (TPSA) is 71.1 Å². The fourth-order valence-corrected chi connectivity index (χ4v) is 1.24. The average molecular weight is 314 g/mol. The van der Waals surface area contributed by atoms with E-state index < -0.39 is 11.9 Å². The highest BCUT2D eigenvalue weighted by Gasteiger charge is 2.11. The molecule has 0 saturated heterocycles. The minimum Gasteiger partial charge on any atom is -0.460 e. The van der Waals surface area contributed by atoms with E-state index in [1.54, 1.807) is 27.7 Å². The van der Waals surface area contributed by atoms with Gasteiger partial charge in [0.15, 0.2) is 0 Å². The zero-order valence-electron chi connectivity index (χ0n) is 13.8. The summed E-state index contributed by atoms with van der Waals surface area (Å²) >= 11 is 0. The van der Waals surface area contributed by atoms with Crippen LogP contribution in [0.25, 0.3) is 0 Å². The molecular formula is C16H26O6. The second-order valence-electron chi connectivity index (χ2n) is 5.13. The molecular weight excluding hydrogens is 288 g/mol. The Morgan fingerprint density at radius 3 is 2.05 bits per heavy atom. The molecule has 0 fully saturated rings. The molecule has 0 rings (SSSR count). The lowest BCUT2D eigenvalue weighted by atomic mass is 10.3. The Kier molecular flexibility index (Phi) is 10.2. The van der Waals surface area contributed by atoms with Crippen molar-refractivity contribution in [3.63, 3.8) is 0 Å². The van der Waals surface area contributed by atoms with E-state index >= 15 is 0 Å². The zero-order valence-corrected chi connectivity index (χ0v) is 13.8. The molecule has 0 aromatic rings. The summed E-state index contributed by atoms with van der Waals surface area (Å²) in [7, 11) is 0. The van der Waals surface area contributed by atoms with Crippen LogP contribution in [-0.4, -0.2) is 50.6 Å². The number of ether oxygens (including phenoxy) is 4. The lowest BCUT2D eigenvalue weighted by Crippen LogP contribution is -2.24. The number of hydrogen-bond donors (Lipinski definition) is 0. The Morgan fingerprint density at radius 1 is 0.909 bits per heavy atom. The lowest BCUT2D eigenvalue weighted by molar-refractivity contribution is -0.147. The van der Waals surface area contributed by atoms with Gasteiger partial charge < -0.3 is 18.9 Å². The van der Waals surface area contributed by atoms with Gasteiger partial charge in [0.05, 0.1) is 25.9 Å². The highest BCUT2D eigenvalue weighted by Crippen LogP contribution is 2.00. The van der Waals surface area contributed by atoms with Gasteiger partial charge in [-0.25, -0.2) is 9.59 Å². The first kappa shape index (κ1) is 20.3. The van der Waals surface area contributed by atoms with Crippen LogP contribution < -0.4 is 0 Å². The highest BCUT2D eigenvalue weighted by atomic mass is 16.6. The summed E-state index contributed by atoms with van der Waals surface area (Å²) in [6.07, 6.45) is -0.580. The molecule has 0 aliphatic carbocycles. The van der Waals surface area contributed by atoms with Crippen molar-refractivity contribution in [2.24, 2.45) is 0 Å². The zero-order chi connectivity index (χ0) is 17.1. The third kappa shape index (κ3) is 10.1. The molecule has 0 aliphatic heterocycles. The van der Waals surface area contributed by atoms with E-state index in [1.807, 2.05) is 0 Å². The van der Waals surface area contributed by atoms with E-state index in [9.17, 15) is 9.59 Å². The Balaban J connectivity index is 3.64. The summed E-state index contributed by atoms with van der Waals surface area (Å²) in [5.74, 6) is -0.861. The van der Waals surface area contributed by atoms with Crippen LogP contribution in [0.5, 0.6) is 0 Å². The summed E-state index contributed by atoms with van der Waals surface area (Å²) in [5.41, 5.74) is 0.710. The molecule has 22 heavy (non-hydrogen) atoms. The predicted octanol–water partition coefficient (Wildman–Crippen LogP) is 2.04. The van der Waals surface area contributed by atoms with Gasteiger partial charge in [0, 0.05) is 11.1 Å². The van der Waals surface area contributed by atoms with Crippen LogP contribution in [-0.2, 0) is 28.5 Å². The molecule has 6 heteroatoms. The van der Waals surface area contributed by atoms with Crippen molar-refractivity contribution in [2.45, 2.75) is 39.9 Å². The Bertz CT molecular complexity index is 401. The van der Waals surface area contributed by atoms with Gasteiger partial charge in [-0.15, -0.1) is 0 Å². The Hall–Kier alpha value is -1.66. The van der Waals surface area contributed by atoms with Gasteiger partial charge in [-0.1, -0.05) is 13.2 Å². The summed E-state index contributed by atoms with van der Waals surface area (Å²) in [6.45, 7) is 14.9. The van der Waals surface area contributed by atoms with Crippen molar-refractivity contribution in [3.8, 4) is 0 Å². The van der Waals surface area contributed by atoms with Crippen molar-refractivity contribution < 1.29 is 28.5 Å². The maximum atomic E-state index is 11.3. The fraction of sp³-hybridized carbons (Fsp3) is 0.625. The summed E-state index contributed by atoms with van der Waals surface area (Å²) in [6, 6.07) is 0. The van der Waals surface area contributed by atoms with Crippen molar-refractivity contribution in [2.75, 3.05) is 26.4 Å². The van der Waals surface area contributed by atoms with Crippen molar-refractivity contribution >= 4 is 11.9 Å². The van der Waals surface area contributed by atoms with Crippen molar-refractivity contribution in [1.29, 1.82) is 0 Å². The highest BCUT2D eigenvalue weighted by molar-refractivity contribution is 5.87. The minimum absolute atomic E-state index is 0.165. The molecule has 0 N–H and O–H groups in total. The maximum Gasteiger partial charge on any atom is 0.333 e. The van der Waals surface area contributed by atoms with Gasteiger partial charge in [0.25, 0.3) is 0 Å². The van der Waals surface area contributed by atoms with Crippen LogP contribution in [0.2, 0.25) is 0 Å². The SMILES string of the molecule is C=C(C)C(=O)OCC(C)OCCOCC(C)OC(=O)C(=C)C. The second kappa shape index (κ2) is 11.0. The van der Waals surface area contributed by atoms with Crippen LogP contribution in [0, 0.1) is 0 Å². The molecule has 0 amide bonds. The lowest BCUT2D eigenvalue weighted by Gasteiger charge is -2.15. The van der Waals surface area contributed by atoms with E-state index in [4.69, 9.17) is 18.9 Å². The van der Waals surface area contributed by atoms with Gasteiger partial charge in [-0.3, -0.25) is 0 Å². The van der Waals surface area contributed by atoms with Crippen molar-refractivity contribution in [3.05, 3.63) is 24.3 Å². The summed E-state index contributed by atoms with van der Waals surface area (Å²) in [4.78, 5) is 22.4. The van der Waals surface area contributed by atoms with E-state index in [2.05, 4.69) is 13.2 Å². The van der Waals surface area contributed by atoms with Gasteiger partial charge in [0.1, 0.15) is 12.7 Å². The fourth-order valence-electron chi connectivity index (χ4n) is 1.24. The van der Waals surface area contributed by atoms with E-state index in [0.717, 1.165) is 0 Å². The van der Waals surface area contributed by atoms with E-state index in [0.29, 0.717) is 24.4 Å². The third-order valence-electron chi connectivity index (χ3n) is 2.44. The molecule has 126 valence electrons. The first-order valence-electron chi connectivity index (χ1n) is 7.12. The van der Waals surface area contributed by atoms with Crippen LogP contribution in [0.15, 0.2) is 24.3 Å². The monoisotopic (exact) mass is 314 g/mol. The van der Waals surface area contributed by atoms with Crippen molar-refractivity contribution in [1.82, 2.24) is 0 Å². The molecule has 2 atom stereocenters. The average Bonchev–Trinajstić information content (AvgIpc) is 2.43. The van der Waals surface area contributed by atoms with Gasteiger partial charge in [-0.05, 0) is 27.7 Å². The molecule has 0 aliphatic rings. The Labute approximate surface area is 132 Å². The molecule has 0 radical (unpaired) electrons. The number of hydrogen-bond acceptors (Lipinski definition) is 6. The number of carbonyl (C=O) groups is 2. The maximum absolute atomic E-state index is 11.3. The largest absolute Gasteiger partial charge is 0.460 e. The number of esters is 2. The second-order valence-corrected chi connectivity index (χ2v) is 5.13. The molecule has 0 bridgehead atoms. The molecule has 0 spiro atoms. The predicted molar refractivity (Wildman–Crippen MR) is 82.4 cm³/mol. The minimum atomic E-state index is -0.431. The smallest absolute Gasteiger partial charge is 0.333 e. The molecule has 0 aromatic heterocycles.